The largest absolute Gasteiger partial charge is 0.349 e. The van der Waals surface area contributed by atoms with Gasteiger partial charge in [0.1, 0.15) is 6.04 Å². The molecule has 0 aliphatic carbocycles. The van der Waals surface area contributed by atoms with Crippen LogP contribution in [0.5, 0.6) is 0 Å². The summed E-state index contributed by atoms with van der Waals surface area (Å²) in [5, 5.41) is 3.13. The molecule has 1 fully saturated rings. The van der Waals surface area contributed by atoms with Crippen LogP contribution in [0.4, 0.5) is 0 Å². The van der Waals surface area contributed by atoms with Crippen molar-refractivity contribution in [2.45, 2.75) is 24.9 Å². The SMILES string of the molecule is CN(C)C(=O)C(c1ccccc1)N1CCC(NC(=O)c2ccccc2)CC1. The van der Waals surface area contributed by atoms with Crippen molar-refractivity contribution in [1.82, 2.24) is 15.1 Å². The third kappa shape index (κ3) is 4.74. The van der Waals surface area contributed by atoms with Crippen LogP contribution in [0, 0.1) is 0 Å². The number of rotatable bonds is 5. The molecular weight excluding hydrogens is 338 g/mol. The number of likely N-dealkylation sites (N-methyl/N-ethyl adjacent to an activating group) is 1. The van der Waals surface area contributed by atoms with Crippen LogP contribution in [0.1, 0.15) is 34.8 Å². The van der Waals surface area contributed by atoms with Gasteiger partial charge in [-0.25, -0.2) is 0 Å². The molecule has 0 spiro atoms. The first-order chi connectivity index (χ1) is 13.1. The van der Waals surface area contributed by atoms with Gasteiger partial charge in [-0.1, -0.05) is 48.5 Å². The number of carbonyl (C=O) groups excluding carboxylic acids is 2. The Hall–Kier alpha value is -2.66. The van der Waals surface area contributed by atoms with Gasteiger partial charge in [-0.15, -0.1) is 0 Å². The Kier molecular flexibility index (Phi) is 6.24. The molecule has 1 unspecified atom stereocenters. The first-order valence-corrected chi connectivity index (χ1v) is 9.42. The summed E-state index contributed by atoms with van der Waals surface area (Å²) in [6, 6.07) is 19.1. The Bertz CT molecular complexity index is 754. The minimum absolute atomic E-state index is 0.0296. The van der Waals surface area contributed by atoms with Crippen LogP contribution in [0.3, 0.4) is 0 Å². The number of nitrogens with zero attached hydrogens (tertiary/aromatic N) is 2. The summed E-state index contributed by atoms with van der Waals surface area (Å²) in [4.78, 5) is 29.0. The van der Waals surface area contributed by atoms with E-state index in [1.165, 1.54) is 0 Å². The number of piperidine rings is 1. The van der Waals surface area contributed by atoms with Crippen LogP contribution in [0.2, 0.25) is 0 Å². The molecule has 2 amide bonds. The average molecular weight is 365 g/mol. The molecule has 142 valence electrons. The maximum absolute atomic E-state index is 12.8. The van der Waals surface area contributed by atoms with E-state index in [1.807, 2.05) is 60.7 Å². The predicted octanol–water partition coefficient (Wildman–Crippen LogP) is 2.71. The molecule has 1 N–H and O–H groups in total. The van der Waals surface area contributed by atoms with E-state index >= 15 is 0 Å². The molecule has 0 saturated carbocycles. The van der Waals surface area contributed by atoms with E-state index in [1.54, 1.807) is 19.0 Å². The lowest BCUT2D eigenvalue weighted by atomic mass is 9.98. The van der Waals surface area contributed by atoms with Gasteiger partial charge in [0.25, 0.3) is 5.91 Å². The van der Waals surface area contributed by atoms with Crippen molar-refractivity contribution in [3.8, 4) is 0 Å². The molecule has 0 aromatic heterocycles. The fourth-order valence-corrected chi connectivity index (χ4v) is 3.55. The van der Waals surface area contributed by atoms with E-state index in [9.17, 15) is 9.59 Å². The highest BCUT2D eigenvalue weighted by atomic mass is 16.2. The molecule has 3 rings (SSSR count). The second kappa shape index (κ2) is 8.82. The summed E-state index contributed by atoms with van der Waals surface area (Å²) in [5.74, 6) is 0.0611. The Balaban J connectivity index is 1.64. The lowest BCUT2D eigenvalue weighted by Gasteiger charge is -2.38. The van der Waals surface area contributed by atoms with E-state index < -0.39 is 0 Å². The Morgan fingerprint density at radius 2 is 1.52 bits per heavy atom. The third-order valence-corrected chi connectivity index (χ3v) is 5.06. The zero-order chi connectivity index (χ0) is 19.2. The van der Waals surface area contributed by atoms with E-state index in [4.69, 9.17) is 0 Å². The monoisotopic (exact) mass is 365 g/mol. The van der Waals surface area contributed by atoms with E-state index in [-0.39, 0.29) is 23.9 Å². The topological polar surface area (TPSA) is 52.7 Å². The normalized spacial score (nSPS) is 16.5. The molecule has 2 aromatic rings. The summed E-state index contributed by atoms with van der Waals surface area (Å²) in [6.45, 7) is 1.55. The zero-order valence-electron chi connectivity index (χ0n) is 16.0. The highest BCUT2D eigenvalue weighted by Gasteiger charge is 2.32. The molecule has 2 aromatic carbocycles. The lowest BCUT2D eigenvalue weighted by molar-refractivity contribution is -0.135. The van der Waals surface area contributed by atoms with Crippen LogP contribution in [-0.2, 0) is 4.79 Å². The van der Waals surface area contributed by atoms with Crippen molar-refractivity contribution in [3.05, 3.63) is 71.8 Å². The second-order valence-corrected chi connectivity index (χ2v) is 7.20. The van der Waals surface area contributed by atoms with E-state index in [0.717, 1.165) is 31.5 Å². The predicted molar refractivity (Wildman–Crippen MR) is 106 cm³/mol. The smallest absolute Gasteiger partial charge is 0.251 e. The fourth-order valence-electron chi connectivity index (χ4n) is 3.55. The van der Waals surface area contributed by atoms with Crippen LogP contribution in [0.25, 0.3) is 0 Å². The van der Waals surface area contributed by atoms with Gasteiger partial charge in [-0.3, -0.25) is 14.5 Å². The minimum Gasteiger partial charge on any atom is -0.349 e. The summed E-state index contributed by atoms with van der Waals surface area (Å²) in [5.41, 5.74) is 1.70. The van der Waals surface area contributed by atoms with Gasteiger partial charge in [-0.05, 0) is 30.5 Å². The molecule has 5 nitrogen and oxygen atoms in total. The second-order valence-electron chi connectivity index (χ2n) is 7.20. The van der Waals surface area contributed by atoms with Crippen LogP contribution in [-0.4, -0.2) is 54.8 Å². The number of nitrogens with one attached hydrogen (secondary N) is 1. The maximum Gasteiger partial charge on any atom is 0.251 e. The van der Waals surface area contributed by atoms with Crippen LogP contribution in [0.15, 0.2) is 60.7 Å². The lowest BCUT2D eigenvalue weighted by Crippen LogP contribution is -2.48. The quantitative estimate of drug-likeness (QED) is 0.886. The van der Waals surface area contributed by atoms with E-state index in [2.05, 4.69) is 10.2 Å². The molecule has 1 aliphatic heterocycles. The summed E-state index contributed by atoms with van der Waals surface area (Å²) >= 11 is 0. The van der Waals surface area contributed by atoms with Gasteiger partial charge in [0.15, 0.2) is 0 Å². The number of hydrogen-bond donors (Lipinski definition) is 1. The summed E-state index contributed by atoms with van der Waals surface area (Å²) in [6.07, 6.45) is 1.67. The van der Waals surface area contributed by atoms with Crippen molar-refractivity contribution < 1.29 is 9.59 Å². The van der Waals surface area contributed by atoms with Gasteiger partial charge in [0.05, 0.1) is 0 Å². The molecule has 1 atom stereocenters. The first-order valence-electron chi connectivity index (χ1n) is 9.42. The number of amides is 2. The number of likely N-dealkylation sites (tertiary alicyclic amines) is 1. The van der Waals surface area contributed by atoms with Gasteiger partial charge in [0, 0.05) is 38.8 Å². The highest BCUT2D eigenvalue weighted by Crippen LogP contribution is 2.26. The zero-order valence-corrected chi connectivity index (χ0v) is 16.0. The molecular formula is C22H27N3O2. The van der Waals surface area contributed by atoms with Crippen molar-refractivity contribution in [3.63, 3.8) is 0 Å². The van der Waals surface area contributed by atoms with Crippen LogP contribution >= 0.6 is 0 Å². The summed E-state index contributed by atoms with van der Waals surface area (Å²) in [7, 11) is 3.59. The molecule has 1 saturated heterocycles. The van der Waals surface area contributed by atoms with Crippen molar-refractivity contribution >= 4 is 11.8 Å². The minimum atomic E-state index is -0.271. The van der Waals surface area contributed by atoms with Crippen molar-refractivity contribution in [2.24, 2.45) is 0 Å². The van der Waals surface area contributed by atoms with E-state index in [0.29, 0.717) is 5.56 Å². The van der Waals surface area contributed by atoms with Gasteiger partial charge in [-0.2, -0.15) is 0 Å². The Labute approximate surface area is 161 Å². The highest BCUT2D eigenvalue weighted by molar-refractivity contribution is 5.94. The number of benzene rings is 2. The summed E-state index contributed by atoms with van der Waals surface area (Å²) < 4.78 is 0. The van der Waals surface area contributed by atoms with Gasteiger partial charge < -0.3 is 10.2 Å². The molecule has 27 heavy (non-hydrogen) atoms. The van der Waals surface area contributed by atoms with Crippen LogP contribution < -0.4 is 5.32 Å². The number of carbonyl (C=O) groups is 2. The van der Waals surface area contributed by atoms with Gasteiger partial charge >= 0.3 is 0 Å². The standard InChI is InChI=1S/C22H27N3O2/c1-24(2)22(27)20(17-9-5-3-6-10-17)25-15-13-19(14-16-25)23-21(26)18-11-7-4-8-12-18/h3-12,19-20H,13-16H2,1-2H3,(H,23,26). The maximum atomic E-state index is 12.8. The Morgan fingerprint density at radius 1 is 0.963 bits per heavy atom. The Morgan fingerprint density at radius 3 is 2.07 bits per heavy atom. The molecule has 1 aliphatic rings. The fraction of sp³-hybridized carbons (Fsp3) is 0.364. The third-order valence-electron chi connectivity index (χ3n) is 5.06. The molecule has 0 radical (unpaired) electrons. The van der Waals surface area contributed by atoms with Gasteiger partial charge in [0.2, 0.25) is 5.91 Å². The molecule has 5 heteroatoms. The average Bonchev–Trinajstić information content (AvgIpc) is 2.71. The molecule has 1 heterocycles. The molecule has 0 bridgehead atoms. The van der Waals surface area contributed by atoms with Crippen molar-refractivity contribution in [1.29, 1.82) is 0 Å². The van der Waals surface area contributed by atoms with Crippen molar-refractivity contribution in [2.75, 3.05) is 27.2 Å². The first kappa shape index (κ1) is 19.1. The number of hydrogen-bond acceptors (Lipinski definition) is 3.